The molecule has 0 spiro atoms. The maximum absolute atomic E-state index is 5.55. The smallest absolute Gasteiger partial charge is 0.317 e. The van der Waals surface area contributed by atoms with E-state index in [-0.39, 0.29) is 0 Å². The molecule has 1 aromatic heterocycles. The fraction of sp³-hybridized carbons (Fsp3) is 0.800. The number of anilines is 1. The summed E-state index contributed by atoms with van der Waals surface area (Å²) in [5, 5.41) is 11.4. The minimum atomic E-state index is 0.613. The van der Waals surface area contributed by atoms with Crippen molar-refractivity contribution in [3.63, 3.8) is 0 Å². The van der Waals surface area contributed by atoms with E-state index in [0.29, 0.717) is 24.5 Å². The maximum Gasteiger partial charge on any atom is 0.317 e. The zero-order valence-electron chi connectivity index (χ0n) is 9.77. The Kier molecular flexibility index (Phi) is 4.06. The first-order valence-corrected chi connectivity index (χ1v) is 6.95. The first-order valence-electron chi connectivity index (χ1n) is 5.55. The van der Waals surface area contributed by atoms with Crippen molar-refractivity contribution in [3.8, 4) is 0 Å². The van der Waals surface area contributed by atoms with Crippen molar-refractivity contribution in [3.05, 3.63) is 5.89 Å². The molecule has 0 unspecified atom stereocenters. The molecule has 0 atom stereocenters. The second kappa shape index (κ2) is 5.54. The van der Waals surface area contributed by atoms with Gasteiger partial charge in [0.15, 0.2) is 0 Å². The molecule has 1 aliphatic rings. The molecule has 1 heterocycles. The lowest BCUT2D eigenvalue weighted by Crippen LogP contribution is -2.20. The zero-order chi connectivity index (χ0) is 11.4. The van der Waals surface area contributed by atoms with Gasteiger partial charge in [-0.1, -0.05) is 5.10 Å². The van der Waals surface area contributed by atoms with Gasteiger partial charge in [0.1, 0.15) is 0 Å². The van der Waals surface area contributed by atoms with Crippen LogP contribution in [0, 0.1) is 0 Å². The van der Waals surface area contributed by atoms with Crippen LogP contribution in [0.15, 0.2) is 4.42 Å². The zero-order valence-corrected chi connectivity index (χ0v) is 10.6. The highest BCUT2D eigenvalue weighted by molar-refractivity contribution is 7.98. The summed E-state index contributed by atoms with van der Waals surface area (Å²) in [6, 6.07) is 1.28. The second-order valence-corrected chi connectivity index (χ2v) is 5.03. The van der Waals surface area contributed by atoms with Crippen LogP contribution in [0.2, 0.25) is 0 Å². The van der Waals surface area contributed by atoms with E-state index >= 15 is 0 Å². The van der Waals surface area contributed by atoms with Crippen molar-refractivity contribution in [1.82, 2.24) is 15.5 Å². The summed E-state index contributed by atoms with van der Waals surface area (Å²) in [4.78, 5) is 1.99. The van der Waals surface area contributed by atoms with Gasteiger partial charge in [0, 0.05) is 25.4 Å². The molecule has 1 N–H and O–H groups in total. The molecule has 1 aliphatic carbocycles. The minimum Gasteiger partial charge on any atom is -0.407 e. The normalized spacial score (nSPS) is 15.4. The molecule has 0 aromatic carbocycles. The summed E-state index contributed by atoms with van der Waals surface area (Å²) in [5.41, 5.74) is 0. The third kappa shape index (κ3) is 3.38. The van der Waals surface area contributed by atoms with E-state index in [9.17, 15) is 0 Å². The Labute approximate surface area is 100.0 Å². The summed E-state index contributed by atoms with van der Waals surface area (Å²) < 4.78 is 5.55. The van der Waals surface area contributed by atoms with Gasteiger partial charge in [0.25, 0.3) is 0 Å². The van der Waals surface area contributed by atoms with Crippen molar-refractivity contribution in [2.75, 3.05) is 30.5 Å². The van der Waals surface area contributed by atoms with Crippen LogP contribution < -0.4 is 10.2 Å². The molecule has 5 nitrogen and oxygen atoms in total. The fourth-order valence-electron chi connectivity index (χ4n) is 1.31. The van der Waals surface area contributed by atoms with E-state index in [1.54, 1.807) is 0 Å². The molecule has 1 saturated carbocycles. The Bertz CT molecular complexity index is 326. The van der Waals surface area contributed by atoms with E-state index in [0.717, 1.165) is 12.3 Å². The highest BCUT2D eigenvalue weighted by Gasteiger charge is 2.21. The molecule has 0 amide bonds. The van der Waals surface area contributed by atoms with Gasteiger partial charge in [0.2, 0.25) is 5.89 Å². The molecule has 6 heteroatoms. The first kappa shape index (κ1) is 11.7. The van der Waals surface area contributed by atoms with Crippen LogP contribution in [0.4, 0.5) is 6.01 Å². The molecule has 90 valence electrons. The van der Waals surface area contributed by atoms with Crippen LogP contribution in [0.3, 0.4) is 0 Å². The van der Waals surface area contributed by atoms with Crippen molar-refractivity contribution in [2.24, 2.45) is 0 Å². The molecular formula is C10H18N4OS. The standard InChI is InChI=1S/C10H18N4OS/c1-14(5-6-16-2)10-13-12-9(15-10)7-11-8-3-4-8/h8,11H,3-7H2,1-2H3. The number of rotatable bonds is 7. The molecule has 0 bridgehead atoms. The van der Waals surface area contributed by atoms with Gasteiger partial charge in [-0.25, -0.2) is 0 Å². The largest absolute Gasteiger partial charge is 0.407 e. The van der Waals surface area contributed by atoms with E-state index in [2.05, 4.69) is 21.8 Å². The summed E-state index contributed by atoms with van der Waals surface area (Å²) >= 11 is 1.81. The van der Waals surface area contributed by atoms with Crippen molar-refractivity contribution >= 4 is 17.8 Å². The van der Waals surface area contributed by atoms with Crippen molar-refractivity contribution in [2.45, 2.75) is 25.4 Å². The lowest BCUT2D eigenvalue weighted by atomic mass is 10.6. The van der Waals surface area contributed by atoms with E-state index in [1.807, 2.05) is 23.7 Å². The highest BCUT2D eigenvalue weighted by Crippen LogP contribution is 2.19. The van der Waals surface area contributed by atoms with Gasteiger partial charge in [-0.15, -0.1) is 5.10 Å². The highest BCUT2D eigenvalue weighted by atomic mass is 32.2. The van der Waals surface area contributed by atoms with E-state index in [4.69, 9.17) is 4.42 Å². The number of thioether (sulfide) groups is 1. The summed E-state index contributed by atoms with van der Waals surface area (Å²) in [5.74, 6) is 1.74. The Morgan fingerprint density at radius 1 is 1.50 bits per heavy atom. The van der Waals surface area contributed by atoms with Gasteiger partial charge in [0.05, 0.1) is 6.54 Å². The van der Waals surface area contributed by atoms with Crippen molar-refractivity contribution < 1.29 is 4.42 Å². The predicted molar refractivity (Wildman–Crippen MR) is 65.8 cm³/mol. The second-order valence-electron chi connectivity index (χ2n) is 4.05. The van der Waals surface area contributed by atoms with E-state index in [1.165, 1.54) is 12.8 Å². The third-order valence-electron chi connectivity index (χ3n) is 2.53. The minimum absolute atomic E-state index is 0.613. The first-order chi connectivity index (χ1) is 7.79. The summed E-state index contributed by atoms with van der Waals surface area (Å²) in [7, 11) is 1.97. The Hall–Kier alpha value is -0.750. The number of hydrogen-bond acceptors (Lipinski definition) is 6. The van der Waals surface area contributed by atoms with Crippen LogP contribution in [0.5, 0.6) is 0 Å². The average Bonchev–Trinajstić information content (AvgIpc) is 3.00. The van der Waals surface area contributed by atoms with Crippen LogP contribution in [-0.4, -0.2) is 41.8 Å². The van der Waals surface area contributed by atoms with E-state index < -0.39 is 0 Å². The number of hydrogen-bond donors (Lipinski definition) is 1. The molecule has 0 aliphatic heterocycles. The van der Waals surface area contributed by atoms with Gasteiger partial charge in [-0.05, 0) is 19.1 Å². The molecular weight excluding hydrogens is 224 g/mol. The summed E-state index contributed by atoms with van der Waals surface area (Å²) in [6.45, 7) is 1.62. The quantitative estimate of drug-likeness (QED) is 0.773. The molecule has 2 rings (SSSR count). The SMILES string of the molecule is CSCCN(C)c1nnc(CNC2CC2)o1. The molecule has 0 saturated heterocycles. The van der Waals surface area contributed by atoms with Crippen LogP contribution in [0.1, 0.15) is 18.7 Å². The monoisotopic (exact) mass is 242 g/mol. The molecule has 0 radical (unpaired) electrons. The molecule has 16 heavy (non-hydrogen) atoms. The predicted octanol–water partition coefficient (Wildman–Crippen LogP) is 1.12. The van der Waals surface area contributed by atoms with Crippen LogP contribution in [0.25, 0.3) is 0 Å². The van der Waals surface area contributed by atoms with Gasteiger partial charge in [-0.2, -0.15) is 11.8 Å². The molecule has 1 aromatic rings. The third-order valence-corrected chi connectivity index (χ3v) is 3.12. The number of nitrogens with one attached hydrogen (secondary N) is 1. The Morgan fingerprint density at radius 2 is 2.31 bits per heavy atom. The molecule has 1 fully saturated rings. The lowest BCUT2D eigenvalue weighted by molar-refractivity contribution is 0.466. The number of aromatic nitrogens is 2. The topological polar surface area (TPSA) is 54.2 Å². The maximum atomic E-state index is 5.55. The number of nitrogens with zero attached hydrogens (tertiary/aromatic N) is 3. The lowest BCUT2D eigenvalue weighted by Gasteiger charge is -2.11. The summed E-state index contributed by atoms with van der Waals surface area (Å²) in [6.07, 6.45) is 4.63. The van der Waals surface area contributed by atoms with Gasteiger partial charge >= 0.3 is 6.01 Å². The van der Waals surface area contributed by atoms with Gasteiger partial charge in [-0.3, -0.25) is 0 Å². The Morgan fingerprint density at radius 3 is 3.00 bits per heavy atom. The Balaban J connectivity index is 1.80. The average molecular weight is 242 g/mol. The van der Waals surface area contributed by atoms with Crippen molar-refractivity contribution in [1.29, 1.82) is 0 Å². The van der Waals surface area contributed by atoms with Gasteiger partial charge < -0.3 is 14.6 Å². The van der Waals surface area contributed by atoms with Crippen LogP contribution >= 0.6 is 11.8 Å². The fourth-order valence-corrected chi connectivity index (χ4v) is 1.77. The van der Waals surface area contributed by atoms with Crippen LogP contribution in [-0.2, 0) is 6.54 Å².